The van der Waals surface area contributed by atoms with Gasteiger partial charge in [-0.05, 0) is 49.2 Å². The average Bonchev–Trinajstić information content (AvgIpc) is 3.37. The van der Waals surface area contributed by atoms with Gasteiger partial charge in [0, 0.05) is 18.1 Å². The highest BCUT2D eigenvalue weighted by atomic mass is 32.1. The van der Waals surface area contributed by atoms with E-state index in [1.54, 1.807) is 11.3 Å². The van der Waals surface area contributed by atoms with E-state index in [9.17, 15) is 5.11 Å². The maximum absolute atomic E-state index is 10.4. The third-order valence-corrected chi connectivity index (χ3v) is 6.82. The van der Waals surface area contributed by atoms with E-state index in [1.165, 1.54) is 0 Å². The molecule has 0 aliphatic heterocycles. The fraction of sp³-hybridized carbons (Fsp3) is 0.207. The summed E-state index contributed by atoms with van der Waals surface area (Å²) in [5.74, 6) is 2.26. The average molecular weight is 497 g/mol. The second-order valence-electron chi connectivity index (χ2n) is 8.72. The molecule has 0 saturated heterocycles. The molecule has 2 atom stereocenters. The number of thiazole rings is 1. The van der Waals surface area contributed by atoms with Gasteiger partial charge in [0.1, 0.15) is 17.4 Å². The zero-order valence-electron chi connectivity index (χ0n) is 20.3. The van der Waals surface area contributed by atoms with Crippen molar-refractivity contribution in [1.82, 2.24) is 15.0 Å². The van der Waals surface area contributed by atoms with Crippen LogP contribution < -0.4 is 10.1 Å². The van der Waals surface area contributed by atoms with Crippen molar-refractivity contribution in [2.45, 2.75) is 32.4 Å². The monoisotopic (exact) mass is 496 g/mol. The summed E-state index contributed by atoms with van der Waals surface area (Å²) in [6, 6.07) is 25.9. The van der Waals surface area contributed by atoms with Gasteiger partial charge in [0.05, 0.1) is 40.2 Å². The first-order valence-electron chi connectivity index (χ1n) is 12.0. The molecule has 0 amide bonds. The molecule has 5 rings (SSSR count). The van der Waals surface area contributed by atoms with Gasteiger partial charge in [-0.2, -0.15) is 0 Å². The van der Waals surface area contributed by atoms with E-state index >= 15 is 0 Å². The maximum atomic E-state index is 10.4. The van der Waals surface area contributed by atoms with Crippen LogP contribution >= 0.6 is 11.3 Å². The zero-order valence-corrected chi connectivity index (χ0v) is 21.1. The number of ether oxygens (including phenoxy) is 1. The van der Waals surface area contributed by atoms with Crippen molar-refractivity contribution in [1.29, 1.82) is 0 Å². The van der Waals surface area contributed by atoms with Crippen LogP contribution in [0, 0.1) is 6.92 Å². The molecular weight excluding hydrogens is 468 g/mol. The lowest BCUT2D eigenvalue weighted by Gasteiger charge is -2.17. The first-order valence-corrected chi connectivity index (χ1v) is 12.8. The molecule has 0 saturated carbocycles. The lowest BCUT2D eigenvalue weighted by molar-refractivity contribution is 0.141. The summed E-state index contributed by atoms with van der Waals surface area (Å²) in [7, 11) is 0. The number of nitrogens with one attached hydrogen (secondary N) is 1. The molecule has 2 unspecified atom stereocenters. The Bertz CT molecular complexity index is 1450. The number of aliphatic hydroxyl groups excluding tert-OH is 1. The van der Waals surface area contributed by atoms with Gasteiger partial charge in [-0.1, -0.05) is 48.5 Å². The van der Waals surface area contributed by atoms with Crippen molar-refractivity contribution in [3.05, 3.63) is 101 Å². The lowest BCUT2D eigenvalue weighted by atomic mass is 10.1. The van der Waals surface area contributed by atoms with Gasteiger partial charge >= 0.3 is 0 Å². The van der Waals surface area contributed by atoms with Gasteiger partial charge in [-0.3, -0.25) is 0 Å². The van der Waals surface area contributed by atoms with Crippen molar-refractivity contribution in [2.24, 2.45) is 0 Å². The normalized spacial score (nSPS) is 12.9. The molecular formula is C29H28N4O2S. The number of aliphatic hydroxyl groups is 1. The Kier molecular flexibility index (Phi) is 7.21. The Balaban J connectivity index is 1.25. The molecule has 0 radical (unpaired) electrons. The highest BCUT2D eigenvalue weighted by Gasteiger charge is 2.12. The molecule has 2 aromatic heterocycles. The van der Waals surface area contributed by atoms with Crippen LogP contribution in [0.15, 0.2) is 84.4 Å². The number of benzene rings is 3. The minimum atomic E-state index is -0.540. The van der Waals surface area contributed by atoms with E-state index in [-0.39, 0.29) is 6.04 Å². The van der Waals surface area contributed by atoms with Crippen molar-refractivity contribution >= 4 is 27.4 Å². The van der Waals surface area contributed by atoms with Crippen LogP contribution in [0.25, 0.3) is 21.5 Å². The Morgan fingerprint density at radius 3 is 2.64 bits per heavy atom. The minimum absolute atomic E-state index is 0.00888. The van der Waals surface area contributed by atoms with Crippen molar-refractivity contribution in [3.63, 3.8) is 0 Å². The molecule has 7 heteroatoms. The van der Waals surface area contributed by atoms with E-state index < -0.39 is 6.10 Å². The fourth-order valence-electron chi connectivity index (χ4n) is 4.11. The van der Waals surface area contributed by atoms with Crippen LogP contribution in [-0.4, -0.2) is 26.7 Å². The highest BCUT2D eigenvalue weighted by Crippen LogP contribution is 2.28. The fourth-order valence-corrected chi connectivity index (χ4v) is 4.83. The number of rotatable bonds is 9. The second-order valence-corrected chi connectivity index (χ2v) is 9.61. The molecule has 2 heterocycles. The summed E-state index contributed by atoms with van der Waals surface area (Å²) in [5, 5.41) is 13.9. The smallest absolute Gasteiger partial charge is 0.130 e. The summed E-state index contributed by atoms with van der Waals surface area (Å²) in [6.45, 7) is 4.43. The summed E-state index contributed by atoms with van der Waals surface area (Å²) in [4.78, 5) is 13.6. The van der Waals surface area contributed by atoms with Crippen LogP contribution in [0.2, 0.25) is 0 Å². The van der Waals surface area contributed by atoms with Crippen LogP contribution in [-0.2, 0) is 0 Å². The summed E-state index contributed by atoms with van der Waals surface area (Å²) in [5.41, 5.74) is 6.76. The predicted octanol–water partition coefficient (Wildman–Crippen LogP) is 6.74. The number of nitrogens with zero attached hydrogens (tertiary/aromatic N) is 3. The van der Waals surface area contributed by atoms with Gasteiger partial charge in [-0.15, -0.1) is 11.3 Å². The van der Waals surface area contributed by atoms with Gasteiger partial charge < -0.3 is 15.2 Å². The van der Waals surface area contributed by atoms with Crippen LogP contribution in [0.3, 0.4) is 0 Å². The quantitative estimate of drug-likeness (QED) is 0.235. The lowest BCUT2D eigenvalue weighted by Crippen LogP contribution is -2.10. The molecule has 182 valence electrons. The Labute approximate surface area is 214 Å². The van der Waals surface area contributed by atoms with E-state index in [4.69, 9.17) is 4.74 Å². The molecule has 36 heavy (non-hydrogen) atoms. The number of hydrogen-bond donors (Lipinski definition) is 2. The molecule has 6 nitrogen and oxygen atoms in total. The minimum Gasteiger partial charge on any atom is -0.493 e. The molecule has 2 N–H and O–H groups in total. The first-order chi connectivity index (χ1) is 17.5. The van der Waals surface area contributed by atoms with Crippen molar-refractivity contribution in [3.8, 4) is 17.0 Å². The van der Waals surface area contributed by atoms with Gasteiger partial charge in [0.15, 0.2) is 0 Å². The predicted molar refractivity (Wildman–Crippen MR) is 145 cm³/mol. The SMILES string of the molecule is Cc1nc(NC(C)c2cccc(OCCC(O)c3ccccc3)c2)cc(-c2ccc3ncsc3c2)n1. The number of fused-ring (bicyclic) bond motifs is 1. The topological polar surface area (TPSA) is 80.2 Å². The highest BCUT2D eigenvalue weighted by molar-refractivity contribution is 7.16. The number of aromatic nitrogens is 3. The Morgan fingerprint density at radius 1 is 0.944 bits per heavy atom. The van der Waals surface area contributed by atoms with Gasteiger partial charge in [0.2, 0.25) is 0 Å². The summed E-state index contributed by atoms with van der Waals surface area (Å²) in [6.07, 6.45) is -0.0137. The van der Waals surface area contributed by atoms with Crippen LogP contribution in [0.1, 0.15) is 42.4 Å². The Morgan fingerprint density at radius 2 is 1.78 bits per heavy atom. The van der Waals surface area contributed by atoms with E-state index in [0.717, 1.165) is 44.2 Å². The molecule has 0 spiro atoms. The molecule has 0 fully saturated rings. The molecule has 0 aliphatic rings. The third kappa shape index (κ3) is 5.70. The summed E-state index contributed by atoms with van der Waals surface area (Å²) >= 11 is 1.62. The van der Waals surface area contributed by atoms with E-state index in [1.807, 2.05) is 79.2 Å². The van der Waals surface area contributed by atoms with E-state index in [2.05, 4.69) is 39.3 Å². The third-order valence-electron chi connectivity index (χ3n) is 6.03. The largest absolute Gasteiger partial charge is 0.493 e. The zero-order chi connectivity index (χ0) is 24.9. The van der Waals surface area contributed by atoms with Crippen molar-refractivity contribution < 1.29 is 9.84 Å². The number of anilines is 1. The standard InChI is InChI=1S/C29H28N4O2S/c1-19(22-9-6-10-24(15-22)35-14-13-27(34)21-7-4-3-5-8-21)31-29-17-26(32-20(2)33-29)23-11-12-25-28(16-23)36-18-30-25/h3-12,15-19,27,34H,13-14H2,1-2H3,(H,31,32,33). The number of hydrogen-bond acceptors (Lipinski definition) is 7. The number of aryl methyl sites for hydroxylation is 1. The van der Waals surface area contributed by atoms with Crippen LogP contribution in [0.4, 0.5) is 5.82 Å². The van der Waals surface area contributed by atoms with Gasteiger partial charge in [-0.25, -0.2) is 15.0 Å². The van der Waals surface area contributed by atoms with Crippen LogP contribution in [0.5, 0.6) is 5.75 Å². The molecule has 5 aromatic rings. The van der Waals surface area contributed by atoms with Gasteiger partial charge in [0.25, 0.3) is 0 Å². The van der Waals surface area contributed by atoms with Crippen molar-refractivity contribution in [2.75, 3.05) is 11.9 Å². The first kappa shape index (κ1) is 23.9. The molecule has 3 aromatic carbocycles. The van der Waals surface area contributed by atoms with E-state index in [0.29, 0.717) is 18.9 Å². The molecule has 0 bridgehead atoms. The Hall–Kier alpha value is -3.81. The second kappa shape index (κ2) is 10.8. The summed E-state index contributed by atoms with van der Waals surface area (Å²) < 4.78 is 7.08. The molecule has 0 aliphatic carbocycles. The maximum Gasteiger partial charge on any atom is 0.130 e.